The van der Waals surface area contributed by atoms with Crippen molar-refractivity contribution in [3.8, 4) is 11.1 Å². The average molecular weight is 439 g/mol. The second-order valence-electron chi connectivity index (χ2n) is 8.29. The van der Waals surface area contributed by atoms with Crippen molar-refractivity contribution in [3.63, 3.8) is 0 Å². The lowest BCUT2D eigenvalue weighted by molar-refractivity contribution is -0.132. The fourth-order valence-corrected chi connectivity index (χ4v) is 5.09. The fourth-order valence-electron chi connectivity index (χ4n) is 4.20. The van der Waals surface area contributed by atoms with Gasteiger partial charge in [0.25, 0.3) is 0 Å². The number of amides is 1. The summed E-state index contributed by atoms with van der Waals surface area (Å²) in [7, 11) is -3.21. The highest BCUT2D eigenvalue weighted by Gasteiger charge is 2.34. The Morgan fingerprint density at radius 3 is 2.39 bits per heavy atom. The number of anilines is 1. The van der Waals surface area contributed by atoms with Crippen LogP contribution in [0.15, 0.2) is 53.7 Å². The highest BCUT2D eigenvalue weighted by Crippen LogP contribution is 2.32. The minimum atomic E-state index is -3.21. The van der Waals surface area contributed by atoms with Crippen LogP contribution < -0.4 is 4.90 Å². The zero-order valence-corrected chi connectivity index (χ0v) is 18.4. The average Bonchev–Trinajstić information content (AvgIpc) is 3.56. The van der Waals surface area contributed by atoms with Crippen LogP contribution in [0.4, 0.5) is 5.69 Å². The number of piperazine rings is 1. The first-order chi connectivity index (χ1) is 15.0. The van der Waals surface area contributed by atoms with Crippen LogP contribution in [-0.4, -0.2) is 60.8 Å². The number of aromatic nitrogens is 2. The van der Waals surface area contributed by atoms with Crippen LogP contribution in [0.2, 0.25) is 0 Å². The van der Waals surface area contributed by atoms with Crippen LogP contribution in [0, 0.1) is 5.92 Å². The van der Waals surface area contributed by atoms with E-state index in [4.69, 9.17) is 0 Å². The molecule has 0 radical (unpaired) electrons. The van der Waals surface area contributed by atoms with E-state index in [1.165, 1.54) is 0 Å². The largest absolute Gasteiger partial charge is 0.366 e. The molecule has 31 heavy (non-hydrogen) atoms. The lowest BCUT2D eigenvalue weighted by atomic mass is 10.1. The Kier molecular flexibility index (Phi) is 4.97. The maximum absolute atomic E-state index is 12.3. The van der Waals surface area contributed by atoms with Crippen molar-refractivity contribution in [3.05, 3.63) is 48.8 Å². The van der Waals surface area contributed by atoms with Gasteiger partial charge in [-0.3, -0.25) is 4.79 Å². The van der Waals surface area contributed by atoms with Gasteiger partial charge in [-0.25, -0.2) is 12.9 Å². The Bertz CT molecular complexity index is 1220. The van der Waals surface area contributed by atoms with E-state index in [0.717, 1.165) is 61.4 Å². The smallest absolute Gasteiger partial charge is 0.225 e. The van der Waals surface area contributed by atoms with E-state index in [2.05, 4.69) is 16.1 Å². The molecule has 1 amide bonds. The normalized spacial score (nSPS) is 17.3. The van der Waals surface area contributed by atoms with E-state index in [0.29, 0.717) is 10.8 Å². The molecule has 8 heteroatoms. The molecule has 2 aromatic heterocycles. The lowest BCUT2D eigenvalue weighted by Crippen LogP contribution is -2.49. The van der Waals surface area contributed by atoms with Crippen molar-refractivity contribution in [2.75, 3.05) is 36.8 Å². The van der Waals surface area contributed by atoms with Crippen molar-refractivity contribution >= 4 is 26.9 Å². The van der Waals surface area contributed by atoms with Crippen LogP contribution >= 0.6 is 0 Å². The summed E-state index contributed by atoms with van der Waals surface area (Å²) in [5, 5.41) is 4.46. The second kappa shape index (κ2) is 7.67. The van der Waals surface area contributed by atoms with Gasteiger partial charge in [-0.05, 0) is 42.7 Å². The standard InChI is InChI=1S/C23H26N4O3S/c1-2-31(29,30)20-7-5-17(6-8-20)19-15-22-21(9-10-24-27(22)16-19)25-11-13-26(14-12-25)23(28)18-3-4-18/h5-10,15-16,18H,2-4,11-14H2,1H3. The molecule has 1 aliphatic heterocycles. The molecule has 2 fully saturated rings. The molecule has 1 aromatic carbocycles. The lowest BCUT2D eigenvalue weighted by Gasteiger charge is -2.36. The summed E-state index contributed by atoms with van der Waals surface area (Å²) in [5.74, 6) is 0.680. The van der Waals surface area contributed by atoms with Crippen molar-refractivity contribution < 1.29 is 13.2 Å². The first-order valence-electron chi connectivity index (χ1n) is 10.8. The van der Waals surface area contributed by atoms with E-state index in [1.54, 1.807) is 25.3 Å². The van der Waals surface area contributed by atoms with Crippen LogP contribution in [0.25, 0.3) is 16.6 Å². The third kappa shape index (κ3) is 3.80. The number of fused-ring (bicyclic) bond motifs is 1. The van der Waals surface area contributed by atoms with Gasteiger partial charge in [-0.15, -0.1) is 0 Å². The van der Waals surface area contributed by atoms with E-state index in [-0.39, 0.29) is 11.7 Å². The number of hydrogen-bond donors (Lipinski definition) is 0. The van der Waals surface area contributed by atoms with Crippen molar-refractivity contribution in [1.29, 1.82) is 0 Å². The molecular weight excluding hydrogens is 412 g/mol. The number of hydrogen-bond acceptors (Lipinski definition) is 5. The van der Waals surface area contributed by atoms with Crippen LogP contribution in [0.3, 0.4) is 0 Å². The highest BCUT2D eigenvalue weighted by atomic mass is 32.2. The van der Waals surface area contributed by atoms with Gasteiger partial charge in [0.2, 0.25) is 5.91 Å². The van der Waals surface area contributed by atoms with Crippen molar-refractivity contribution in [2.45, 2.75) is 24.7 Å². The molecule has 0 bridgehead atoms. The number of benzene rings is 1. The zero-order chi connectivity index (χ0) is 21.6. The maximum atomic E-state index is 12.3. The van der Waals surface area contributed by atoms with E-state index in [9.17, 15) is 13.2 Å². The summed E-state index contributed by atoms with van der Waals surface area (Å²) < 4.78 is 26.0. The third-order valence-electron chi connectivity index (χ3n) is 6.27. The van der Waals surface area contributed by atoms with Gasteiger partial charge in [0, 0.05) is 50.1 Å². The molecule has 0 unspecified atom stereocenters. The topological polar surface area (TPSA) is 75.0 Å². The molecule has 0 atom stereocenters. The van der Waals surface area contributed by atoms with Gasteiger partial charge in [-0.1, -0.05) is 19.1 Å². The Morgan fingerprint density at radius 1 is 1.03 bits per heavy atom. The molecule has 162 valence electrons. The fraction of sp³-hybridized carbons (Fsp3) is 0.391. The first-order valence-corrected chi connectivity index (χ1v) is 12.5. The van der Waals surface area contributed by atoms with Gasteiger partial charge in [0.15, 0.2) is 9.84 Å². The summed E-state index contributed by atoms with van der Waals surface area (Å²) in [6, 6.07) is 11.1. The molecule has 2 aliphatic rings. The monoisotopic (exact) mass is 438 g/mol. The SMILES string of the molecule is CCS(=O)(=O)c1ccc(-c2cc3c(N4CCN(C(=O)C5CC5)CC4)ccnn3c2)cc1. The van der Waals surface area contributed by atoms with Crippen LogP contribution in [0.5, 0.6) is 0 Å². The predicted octanol–water partition coefficient (Wildman–Crippen LogP) is 2.85. The third-order valence-corrected chi connectivity index (χ3v) is 8.02. The van der Waals surface area contributed by atoms with E-state index in [1.807, 2.05) is 33.8 Å². The molecule has 3 heterocycles. The van der Waals surface area contributed by atoms with Gasteiger partial charge in [-0.2, -0.15) is 5.10 Å². The van der Waals surface area contributed by atoms with Gasteiger partial charge in [0.1, 0.15) is 0 Å². The molecule has 1 saturated heterocycles. The molecule has 7 nitrogen and oxygen atoms in total. The maximum Gasteiger partial charge on any atom is 0.225 e. The highest BCUT2D eigenvalue weighted by molar-refractivity contribution is 7.91. The van der Waals surface area contributed by atoms with Gasteiger partial charge in [0.05, 0.1) is 21.9 Å². The summed E-state index contributed by atoms with van der Waals surface area (Å²) in [4.78, 5) is 17.0. The minimum Gasteiger partial charge on any atom is -0.366 e. The Balaban J connectivity index is 1.39. The van der Waals surface area contributed by atoms with Crippen LogP contribution in [0.1, 0.15) is 19.8 Å². The second-order valence-corrected chi connectivity index (χ2v) is 10.6. The molecular formula is C23H26N4O3S. The van der Waals surface area contributed by atoms with Gasteiger partial charge >= 0.3 is 0 Å². The number of rotatable bonds is 5. The number of nitrogens with zero attached hydrogens (tertiary/aromatic N) is 4. The quantitative estimate of drug-likeness (QED) is 0.612. The summed E-state index contributed by atoms with van der Waals surface area (Å²) >= 11 is 0. The summed E-state index contributed by atoms with van der Waals surface area (Å²) in [6.07, 6.45) is 5.85. The molecule has 3 aromatic rings. The molecule has 5 rings (SSSR count). The molecule has 0 N–H and O–H groups in total. The summed E-state index contributed by atoms with van der Waals surface area (Å²) in [5.41, 5.74) is 4.05. The predicted molar refractivity (Wildman–Crippen MR) is 120 cm³/mol. The van der Waals surface area contributed by atoms with Crippen molar-refractivity contribution in [1.82, 2.24) is 14.5 Å². The zero-order valence-electron chi connectivity index (χ0n) is 17.6. The number of sulfone groups is 1. The number of carbonyl (C=O) groups excluding carboxylic acids is 1. The Labute approximate surface area is 182 Å². The Morgan fingerprint density at radius 2 is 1.74 bits per heavy atom. The molecule has 1 aliphatic carbocycles. The summed E-state index contributed by atoms with van der Waals surface area (Å²) in [6.45, 7) is 4.78. The first kappa shape index (κ1) is 20.1. The van der Waals surface area contributed by atoms with Crippen molar-refractivity contribution in [2.24, 2.45) is 5.92 Å². The van der Waals surface area contributed by atoms with Gasteiger partial charge < -0.3 is 9.80 Å². The van der Waals surface area contributed by atoms with E-state index < -0.39 is 9.84 Å². The molecule has 0 spiro atoms. The van der Waals surface area contributed by atoms with E-state index >= 15 is 0 Å². The molecule has 1 saturated carbocycles. The minimum absolute atomic E-state index is 0.0925. The Hall–Kier alpha value is -2.87. The number of carbonyl (C=O) groups is 1. The van der Waals surface area contributed by atoms with Crippen LogP contribution in [-0.2, 0) is 14.6 Å².